The van der Waals surface area contributed by atoms with Crippen LogP contribution in [0.1, 0.15) is 68.1 Å². The van der Waals surface area contributed by atoms with Gasteiger partial charge in [0, 0.05) is 70.3 Å². The molecule has 0 saturated carbocycles. The van der Waals surface area contributed by atoms with Crippen LogP contribution in [-0.2, 0) is 43.9 Å². The van der Waals surface area contributed by atoms with Gasteiger partial charge in [0.25, 0.3) is 0 Å². The van der Waals surface area contributed by atoms with Crippen LogP contribution in [0, 0.1) is 12.3 Å². The fourth-order valence-electron chi connectivity index (χ4n) is 8.36. The molecule has 19 heteroatoms. The van der Waals surface area contributed by atoms with Crippen LogP contribution in [0.5, 0.6) is 0 Å². The molecule has 2 aromatic heterocycles. The number of thiocarbonyl (C=S) groups is 1. The van der Waals surface area contributed by atoms with E-state index in [0.29, 0.717) is 50.1 Å². The third kappa shape index (κ3) is 12.7. The largest absolute Gasteiger partial charge is 0.391 e. The summed E-state index contributed by atoms with van der Waals surface area (Å²) in [6.45, 7) is 12.1. The van der Waals surface area contributed by atoms with Crippen LogP contribution in [-0.4, -0.2) is 111 Å². The van der Waals surface area contributed by atoms with Crippen molar-refractivity contribution in [2.24, 2.45) is 5.41 Å². The van der Waals surface area contributed by atoms with E-state index in [9.17, 15) is 27.9 Å². The number of benzene rings is 3. The van der Waals surface area contributed by atoms with Crippen LogP contribution in [0.3, 0.4) is 0 Å². The summed E-state index contributed by atoms with van der Waals surface area (Å²) in [5, 5.41) is 20.4. The maximum Gasteiger partial charge on any atom is 0.243 e. The van der Waals surface area contributed by atoms with Gasteiger partial charge >= 0.3 is 0 Å². The third-order valence-corrected chi connectivity index (χ3v) is 15.4. The Morgan fingerprint density at radius 3 is 2.29 bits per heavy atom. The van der Waals surface area contributed by atoms with Gasteiger partial charge in [-0.25, -0.2) is 18.8 Å². The number of rotatable bonds is 16. The standard InChI is InChI=1S/C49H60N10O6S3/c1-32(35-12-14-36(15-13-35)44-33(2)52-31-67-44)53-46(62)42-26-40(60)30-59(42)47(63)45(49(3,4)5)56-55-43(61)25-37-10-6-7-11-38(37)29-57-21-23-58(24-22-57)68(64,65)41-18-16-39(17-19-41)54-48(66)51-28-34-9-8-20-50-27-34/h6-20,27,31-32,40,42,45,56,60H,21-26,28-30H2,1-5H3,(H,53,62)(H,55,61)(H2,51,54,66)/t32-,40+,42-,45?/m0/s1. The molecule has 2 aliphatic rings. The van der Waals surface area contributed by atoms with E-state index in [0.717, 1.165) is 38.4 Å². The zero-order valence-electron chi connectivity index (χ0n) is 38.9. The van der Waals surface area contributed by atoms with E-state index in [4.69, 9.17) is 12.2 Å². The molecule has 1 unspecified atom stereocenters. The first-order chi connectivity index (χ1) is 32.5. The fourth-order valence-corrected chi connectivity index (χ4v) is 10.8. The number of anilines is 1. The number of nitrogens with zero attached hydrogens (tertiary/aromatic N) is 5. The Balaban J connectivity index is 0.895. The van der Waals surface area contributed by atoms with E-state index in [1.807, 2.05) is 101 Å². The Labute approximate surface area is 408 Å². The second-order valence-electron chi connectivity index (χ2n) is 18.3. The second kappa shape index (κ2) is 22.2. The number of carbonyl (C=O) groups excluding carboxylic acids is 3. The van der Waals surface area contributed by atoms with Gasteiger partial charge in [-0.3, -0.25) is 29.7 Å². The summed E-state index contributed by atoms with van der Waals surface area (Å²) in [7, 11) is -3.74. The zero-order valence-corrected chi connectivity index (χ0v) is 41.4. The van der Waals surface area contributed by atoms with E-state index >= 15 is 0 Å². The first-order valence-corrected chi connectivity index (χ1v) is 25.4. The summed E-state index contributed by atoms with van der Waals surface area (Å²) in [6.07, 6.45) is 2.68. The number of hydrogen-bond acceptors (Lipinski definition) is 12. The number of amides is 3. The van der Waals surface area contributed by atoms with Gasteiger partial charge in [0.15, 0.2) is 5.11 Å². The molecule has 2 saturated heterocycles. The van der Waals surface area contributed by atoms with Gasteiger partial charge in [-0.15, -0.1) is 11.3 Å². The number of likely N-dealkylation sites (tertiary alicyclic amines) is 1. The van der Waals surface area contributed by atoms with Crippen molar-refractivity contribution in [3.63, 3.8) is 0 Å². The van der Waals surface area contributed by atoms with Crippen LogP contribution in [0.2, 0.25) is 0 Å². The number of pyridine rings is 1. The summed E-state index contributed by atoms with van der Waals surface area (Å²) in [5.41, 5.74) is 13.1. The smallest absolute Gasteiger partial charge is 0.243 e. The Hall–Kier alpha value is -5.67. The highest BCUT2D eigenvalue weighted by molar-refractivity contribution is 7.89. The molecule has 7 rings (SSSR count). The molecule has 3 aromatic carbocycles. The number of nitrogens with one attached hydrogen (secondary N) is 5. The van der Waals surface area contributed by atoms with Crippen molar-refractivity contribution in [3.05, 3.63) is 131 Å². The lowest BCUT2D eigenvalue weighted by Crippen LogP contribution is -2.60. The number of hydrogen-bond donors (Lipinski definition) is 6. The quantitative estimate of drug-likeness (QED) is 0.0576. The van der Waals surface area contributed by atoms with Crippen LogP contribution >= 0.6 is 23.6 Å². The molecule has 3 amide bonds. The van der Waals surface area contributed by atoms with E-state index in [1.54, 1.807) is 48.0 Å². The molecule has 2 aliphatic heterocycles. The van der Waals surface area contributed by atoms with Gasteiger partial charge in [0.2, 0.25) is 27.7 Å². The van der Waals surface area contributed by atoms with E-state index < -0.39 is 39.5 Å². The number of hydrazine groups is 1. The second-order valence-corrected chi connectivity index (χ2v) is 21.5. The minimum absolute atomic E-state index is 0.0166. The highest BCUT2D eigenvalue weighted by Crippen LogP contribution is 2.30. The molecule has 4 heterocycles. The molecule has 5 aromatic rings. The van der Waals surface area contributed by atoms with Crippen molar-refractivity contribution in [2.75, 3.05) is 38.0 Å². The highest BCUT2D eigenvalue weighted by atomic mass is 32.2. The number of aliphatic hydroxyl groups excluding tert-OH is 1. The van der Waals surface area contributed by atoms with Crippen molar-refractivity contribution >= 4 is 62.1 Å². The molecule has 0 bridgehead atoms. The van der Waals surface area contributed by atoms with Crippen molar-refractivity contribution in [3.8, 4) is 10.4 Å². The number of piperazine rings is 1. The topological polar surface area (TPSA) is 201 Å². The molecule has 360 valence electrons. The molecular formula is C49H60N10O6S3. The minimum Gasteiger partial charge on any atom is -0.391 e. The number of aryl methyl sites for hydroxylation is 1. The molecule has 0 spiro atoms. The minimum atomic E-state index is -3.74. The van der Waals surface area contributed by atoms with Gasteiger partial charge in [-0.05, 0) is 89.6 Å². The molecule has 68 heavy (non-hydrogen) atoms. The number of aliphatic hydroxyl groups is 1. The van der Waals surface area contributed by atoms with Crippen molar-refractivity contribution in [2.45, 2.75) is 89.7 Å². The van der Waals surface area contributed by atoms with Crippen molar-refractivity contribution in [1.82, 2.24) is 45.6 Å². The summed E-state index contributed by atoms with van der Waals surface area (Å²) < 4.78 is 28.8. The van der Waals surface area contributed by atoms with Crippen molar-refractivity contribution in [1.29, 1.82) is 0 Å². The Morgan fingerprint density at radius 1 is 0.941 bits per heavy atom. The lowest BCUT2D eigenvalue weighted by Gasteiger charge is -2.35. The van der Waals surface area contributed by atoms with Gasteiger partial charge in [0.05, 0.1) is 39.5 Å². The van der Waals surface area contributed by atoms with Crippen LogP contribution < -0.4 is 26.8 Å². The third-order valence-electron chi connectivity index (χ3n) is 12.2. The summed E-state index contributed by atoms with van der Waals surface area (Å²) in [6, 6.07) is 23.7. The molecular weight excluding hydrogens is 921 g/mol. The van der Waals surface area contributed by atoms with E-state index in [-0.39, 0.29) is 42.1 Å². The Kier molecular flexibility index (Phi) is 16.4. The van der Waals surface area contributed by atoms with E-state index in [2.05, 4.69) is 41.7 Å². The maximum atomic E-state index is 14.3. The first-order valence-electron chi connectivity index (χ1n) is 22.6. The van der Waals surface area contributed by atoms with E-state index in [1.165, 1.54) is 9.21 Å². The fraction of sp³-hybridized carbons (Fsp3) is 0.388. The number of aromatic nitrogens is 2. The number of carbonyl (C=O) groups is 3. The average molecular weight is 981 g/mol. The number of β-amino-alcohol motifs (C(OH)–C–C–N with tert-alkyl or cyclic N) is 1. The van der Waals surface area contributed by atoms with Gasteiger partial charge < -0.3 is 26.0 Å². The molecule has 16 nitrogen and oxygen atoms in total. The monoisotopic (exact) mass is 980 g/mol. The normalized spacial score (nSPS) is 17.8. The van der Waals surface area contributed by atoms with Crippen LogP contribution in [0.25, 0.3) is 10.4 Å². The molecule has 4 atom stereocenters. The van der Waals surface area contributed by atoms with Gasteiger partial charge in [-0.1, -0.05) is 75.4 Å². The lowest BCUT2D eigenvalue weighted by molar-refractivity contribution is -0.143. The summed E-state index contributed by atoms with van der Waals surface area (Å²) in [4.78, 5) is 54.9. The Morgan fingerprint density at radius 2 is 1.65 bits per heavy atom. The lowest BCUT2D eigenvalue weighted by atomic mass is 9.86. The van der Waals surface area contributed by atoms with Crippen LogP contribution in [0.15, 0.2) is 108 Å². The van der Waals surface area contributed by atoms with Crippen molar-refractivity contribution < 1.29 is 27.9 Å². The predicted molar refractivity (Wildman–Crippen MR) is 267 cm³/mol. The maximum absolute atomic E-state index is 14.3. The highest BCUT2D eigenvalue weighted by Gasteiger charge is 2.44. The predicted octanol–water partition coefficient (Wildman–Crippen LogP) is 4.92. The zero-order chi connectivity index (χ0) is 48.6. The SMILES string of the molecule is Cc1ncsc1-c1ccc([C@H](C)NC(=O)[C@@H]2C[C@@H](O)CN2C(=O)C(NNC(=O)Cc2ccccc2CN2CCN(S(=O)(=O)c3ccc(NC(=S)NCc4cccnc4)cc3)CC2)C(C)(C)C)cc1. The van der Waals surface area contributed by atoms with Gasteiger partial charge in [-0.2, -0.15) is 4.31 Å². The Bertz CT molecular complexity index is 2650. The summed E-state index contributed by atoms with van der Waals surface area (Å²) >= 11 is 6.98. The molecule has 0 aliphatic carbocycles. The molecule has 6 N–H and O–H groups in total. The summed E-state index contributed by atoms with van der Waals surface area (Å²) in [5.74, 6) is -1.14. The van der Waals surface area contributed by atoms with Gasteiger partial charge in [0.1, 0.15) is 12.1 Å². The first kappa shape index (κ1) is 50.2. The molecule has 2 fully saturated rings. The average Bonchev–Trinajstić information content (AvgIpc) is 3.94. The number of sulfonamides is 1. The van der Waals surface area contributed by atoms with Crippen LogP contribution in [0.4, 0.5) is 5.69 Å². The number of thiazole rings is 1. The molecule has 0 radical (unpaired) electrons.